The van der Waals surface area contributed by atoms with Gasteiger partial charge in [0.2, 0.25) is 11.8 Å². The molecule has 1 N–H and O–H groups in total. The lowest BCUT2D eigenvalue weighted by molar-refractivity contribution is -0.120. The van der Waals surface area contributed by atoms with E-state index in [1.807, 2.05) is 24.3 Å². The first kappa shape index (κ1) is 17.7. The van der Waals surface area contributed by atoms with Gasteiger partial charge in [-0.05, 0) is 36.8 Å². The third kappa shape index (κ3) is 4.08. The van der Waals surface area contributed by atoms with Gasteiger partial charge in [0.1, 0.15) is 17.3 Å². The molecule has 2 aromatic carbocycles. The second kappa shape index (κ2) is 7.82. The Labute approximate surface area is 150 Å². The Morgan fingerprint density at radius 3 is 2.65 bits per heavy atom. The largest absolute Gasteiger partial charge is 0.496 e. The molecule has 0 aliphatic rings. The van der Waals surface area contributed by atoms with Crippen molar-refractivity contribution in [3.05, 3.63) is 71.4 Å². The lowest BCUT2D eigenvalue weighted by Gasteiger charge is -2.04. The van der Waals surface area contributed by atoms with E-state index in [4.69, 9.17) is 9.15 Å². The summed E-state index contributed by atoms with van der Waals surface area (Å²) in [5.41, 5.74) is 2.13. The highest BCUT2D eigenvalue weighted by atomic mass is 19.1. The van der Waals surface area contributed by atoms with E-state index in [-0.39, 0.29) is 18.1 Å². The minimum atomic E-state index is -0.304. The summed E-state index contributed by atoms with van der Waals surface area (Å²) in [4.78, 5) is 16.6. The highest BCUT2D eigenvalue weighted by Crippen LogP contribution is 2.30. The van der Waals surface area contributed by atoms with Crippen molar-refractivity contribution in [2.24, 2.45) is 0 Å². The highest BCUT2D eigenvalue weighted by molar-refractivity contribution is 5.78. The van der Waals surface area contributed by atoms with Gasteiger partial charge in [-0.15, -0.1) is 0 Å². The van der Waals surface area contributed by atoms with Gasteiger partial charge in [0, 0.05) is 6.54 Å². The molecule has 0 aliphatic heterocycles. The molecule has 134 valence electrons. The maximum absolute atomic E-state index is 12.9. The first-order chi connectivity index (χ1) is 12.6. The molecule has 1 aromatic heterocycles. The summed E-state index contributed by atoms with van der Waals surface area (Å²) in [7, 11) is 1.58. The zero-order valence-electron chi connectivity index (χ0n) is 14.6. The summed E-state index contributed by atoms with van der Waals surface area (Å²) in [6, 6.07) is 13.4. The lowest BCUT2D eigenvalue weighted by Crippen LogP contribution is -2.24. The van der Waals surface area contributed by atoms with Crippen LogP contribution in [0.5, 0.6) is 5.75 Å². The van der Waals surface area contributed by atoms with Crippen LogP contribution < -0.4 is 10.1 Å². The smallest absolute Gasteiger partial charge is 0.230 e. The van der Waals surface area contributed by atoms with E-state index < -0.39 is 0 Å². The van der Waals surface area contributed by atoms with Crippen LogP contribution in [-0.2, 0) is 17.8 Å². The molecule has 1 amide bonds. The number of oxazole rings is 1. The Hall–Kier alpha value is -3.15. The Bertz CT molecular complexity index is 904. The predicted octanol–water partition coefficient (Wildman–Crippen LogP) is 3.66. The zero-order valence-corrected chi connectivity index (χ0v) is 14.6. The molecule has 0 fully saturated rings. The number of para-hydroxylation sites is 1. The maximum atomic E-state index is 12.9. The van der Waals surface area contributed by atoms with Crippen molar-refractivity contribution in [2.45, 2.75) is 19.9 Å². The number of ether oxygens (including phenoxy) is 1. The number of rotatable bonds is 6. The highest BCUT2D eigenvalue weighted by Gasteiger charge is 2.17. The molecule has 0 radical (unpaired) electrons. The Balaban J connectivity index is 1.67. The van der Waals surface area contributed by atoms with Crippen LogP contribution in [0.25, 0.3) is 11.5 Å². The van der Waals surface area contributed by atoms with Crippen LogP contribution in [0.3, 0.4) is 0 Å². The third-order valence-corrected chi connectivity index (χ3v) is 3.96. The summed E-state index contributed by atoms with van der Waals surface area (Å²) in [6.07, 6.45) is 0.103. The Morgan fingerprint density at radius 2 is 1.92 bits per heavy atom. The number of carbonyl (C=O) groups excluding carboxylic acids is 1. The van der Waals surface area contributed by atoms with E-state index in [0.29, 0.717) is 29.6 Å². The number of hydrogen-bond acceptors (Lipinski definition) is 4. The van der Waals surface area contributed by atoms with Gasteiger partial charge in [-0.2, -0.15) is 0 Å². The molecule has 0 unspecified atom stereocenters. The van der Waals surface area contributed by atoms with E-state index >= 15 is 0 Å². The van der Waals surface area contributed by atoms with Crippen molar-refractivity contribution >= 4 is 5.91 Å². The molecule has 3 aromatic rings. The number of aryl methyl sites for hydroxylation is 1. The SMILES string of the molecule is COc1ccccc1-c1nc(CC(=O)NCc2ccc(F)cc2)c(C)o1. The molecular formula is C20H19FN2O3. The second-order valence-electron chi connectivity index (χ2n) is 5.80. The number of nitrogens with zero attached hydrogens (tertiary/aromatic N) is 1. The molecule has 0 aliphatic carbocycles. The number of halogens is 1. The molecular weight excluding hydrogens is 335 g/mol. The summed E-state index contributed by atoms with van der Waals surface area (Å²) in [6.45, 7) is 2.10. The molecule has 3 rings (SSSR count). The van der Waals surface area contributed by atoms with Crippen LogP contribution in [0.1, 0.15) is 17.0 Å². The van der Waals surface area contributed by atoms with Crippen molar-refractivity contribution in [3.8, 4) is 17.2 Å². The topological polar surface area (TPSA) is 64.4 Å². The molecule has 0 atom stereocenters. The van der Waals surface area contributed by atoms with Gasteiger partial charge in [-0.25, -0.2) is 9.37 Å². The molecule has 0 spiro atoms. The molecule has 26 heavy (non-hydrogen) atoms. The molecule has 0 saturated heterocycles. The van der Waals surface area contributed by atoms with Gasteiger partial charge in [0.15, 0.2) is 0 Å². The number of amides is 1. The minimum absolute atomic E-state index is 0.103. The number of aromatic nitrogens is 1. The summed E-state index contributed by atoms with van der Waals surface area (Å²) < 4.78 is 23.9. The molecule has 1 heterocycles. The first-order valence-electron chi connectivity index (χ1n) is 8.17. The van der Waals surface area contributed by atoms with Crippen LogP contribution in [0.2, 0.25) is 0 Å². The van der Waals surface area contributed by atoms with Crippen LogP contribution in [0, 0.1) is 12.7 Å². The van der Waals surface area contributed by atoms with Crippen molar-refractivity contribution in [1.82, 2.24) is 10.3 Å². The predicted molar refractivity (Wildman–Crippen MR) is 95.2 cm³/mol. The fourth-order valence-corrected chi connectivity index (χ4v) is 2.55. The maximum Gasteiger partial charge on any atom is 0.230 e. The number of hydrogen-bond donors (Lipinski definition) is 1. The number of carbonyl (C=O) groups is 1. The number of nitrogens with one attached hydrogen (secondary N) is 1. The van der Waals surface area contributed by atoms with Gasteiger partial charge in [0.25, 0.3) is 0 Å². The van der Waals surface area contributed by atoms with Gasteiger partial charge in [-0.3, -0.25) is 4.79 Å². The monoisotopic (exact) mass is 354 g/mol. The fraction of sp³-hybridized carbons (Fsp3) is 0.200. The molecule has 0 saturated carbocycles. The fourth-order valence-electron chi connectivity index (χ4n) is 2.55. The minimum Gasteiger partial charge on any atom is -0.496 e. The van der Waals surface area contributed by atoms with E-state index in [2.05, 4.69) is 10.3 Å². The Kier molecular flexibility index (Phi) is 5.31. The van der Waals surface area contributed by atoms with Gasteiger partial charge < -0.3 is 14.5 Å². The van der Waals surface area contributed by atoms with E-state index in [1.165, 1.54) is 12.1 Å². The average molecular weight is 354 g/mol. The molecule has 6 heteroatoms. The normalized spacial score (nSPS) is 10.6. The van der Waals surface area contributed by atoms with Gasteiger partial charge in [-0.1, -0.05) is 24.3 Å². The number of methoxy groups -OCH3 is 1. The zero-order chi connectivity index (χ0) is 18.5. The number of benzene rings is 2. The lowest BCUT2D eigenvalue weighted by atomic mass is 10.2. The summed E-state index contributed by atoms with van der Waals surface area (Å²) >= 11 is 0. The third-order valence-electron chi connectivity index (χ3n) is 3.96. The van der Waals surface area contributed by atoms with Crippen molar-refractivity contribution in [1.29, 1.82) is 0 Å². The van der Waals surface area contributed by atoms with Crippen LogP contribution in [0.4, 0.5) is 4.39 Å². The quantitative estimate of drug-likeness (QED) is 0.734. The summed E-state index contributed by atoms with van der Waals surface area (Å²) in [5.74, 6) is 1.17. The molecule has 5 nitrogen and oxygen atoms in total. The van der Waals surface area contributed by atoms with E-state index in [9.17, 15) is 9.18 Å². The Morgan fingerprint density at radius 1 is 1.19 bits per heavy atom. The van der Waals surface area contributed by atoms with Gasteiger partial charge in [0.05, 0.1) is 24.8 Å². The van der Waals surface area contributed by atoms with Crippen LogP contribution >= 0.6 is 0 Å². The van der Waals surface area contributed by atoms with E-state index in [0.717, 1.165) is 11.1 Å². The van der Waals surface area contributed by atoms with Crippen molar-refractivity contribution in [3.63, 3.8) is 0 Å². The standard InChI is InChI=1S/C20H19FN2O3/c1-13-17(11-19(24)22-12-14-7-9-15(21)10-8-14)23-20(26-13)16-5-3-4-6-18(16)25-2/h3-10H,11-12H2,1-2H3,(H,22,24). The van der Waals surface area contributed by atoms with E-state index in [1.54, 1.807) is 26.2 Å². The average Bonchev–Trinajstić information content (AvgIpc) is 3.01. The van der Waals surface area contributed by atoms with Gasteiger partial charge >= 0.3 is 0 Å². The summed E-state index contributed by atoms with van der Waals surface area (Å²) in [5, 5.41) is 2.80. The molecule has 0 bridgehead atoms. The van der Waals surface area contributed by atoms with Crippen LogP contribution in [0.15, 0.2) is 52.9 Å². The van der Waals surface area contributed by atoms with Crippen molar-refractivity contribution < 1.29 is 18.3 Å². The second-order valence-corrected chi connectivity index (χ2v) is 5.80. The van der Waals surface area contributed by atoms with Crippen molar-refractivity contribution in [2.75, 3.05) is 7.11 Å². The first-order valence-corrected chi connectivity index (χ1v) is 8.17. The van der Waals surface area contributed by atoms with Crippen LogP contribution in [-0.4, -0.2) is 18.0 Å².